The van der Waals surface area contributed by atoms with E-state index < -0.39 is 12.3 Å². The van der Waals surface area contributed by atoms with Gasteiger partial charge in [-0.2, -0.15) is 5.10 Å². The number of anilines is 3. The quantitative estimate of drug-likeness (QED) is 0.448. The summed E-state index contributed by atoms with van der Waals surface area (Å²) in [6.07, 6.45) is 3.47. The van der Waals surface area contributed by atoms with Gasteiger partial charge in [-0.15, -0.1) is 15.3 Å². The molecule has 2 saturated heterocycles. The van der Waals surface area contributed by atoms with Gasteiger partial charge in [0.05, 0.1) is 25.5 Å². The van der Waals surface area contributed by atoms with E-state index in [1.165, 1.54) is 18.4 Å². The Labute approximate surface area is 206 Å². The first-order valence-corrected chi connectivity index (χ1v) is 12.4. The zero-order valence-electron chi connectivity index (χ0n) is 19.4. The van der Waals surface area contributed by atoms with E-state index in [1.807, 2.05) is 29.2 Å². The molecule has 0 aliphatic carbocycles. The fourth-order valence-corrected chi connectivity index (χ4v) is 5.18. The molecule has 10 nitrogen and oxygen atoms in total. The summed E-state index contributed by atoms with van der Waals surface area (Å²) < 4.78 is 18.8. The second-order valence-corrected chi connectivity index (χ2v) is 9.76. The number of alkyl halides is 1. The lowest BCUT2D eigenvalue weighted by atomic mass is 10.0. The van der Waals surface area contributed by atoms with Gasteiger partial charge in [0, 0.05) is 44.8 Å². The van der Waals surface area contributed by atoms with Gasteiger partial charge in [0.15, 0.2) is 5.78 Å². The van der Waals surface area contributed by atoms with Gasteiger partial charge < -0.3 is 19.9 Å². The van der Waals surface area contributed by atoms with Gasteiger partial charge in [-0.1, -0.05) is 23.5 Å². The van der Waals surface area contributed by atoms with Gasteiger partial charge in [-0.3, -0.25) is 4.79 Å². The monoisotopic (exact) mass is 498 g/mol. The molecule has 0 spiro atoms. The maximum Gasteiger partial charge on any atom is 0.245 e. The number of carbonyl (C=O) groups excluding carboxylic acids is 1. The molecule has 0 saturated carbocycles. The number of rotatable bonds is 10. The minimum absolute atomic E-state index is 0.0239. The molecule has 1 N–H and O–H groups in total. The van der Waals surface area contributed by atoms with E-state index in [2.05, 4.69) is 35.6 Å². The number of aryl methyl sites for hydroxylation is 1. The number of hydrogen-bond donors (Lipinski definition) is 1. The van der Waals surface area contributed by atoms with E-state index in [-0.39, 0.29) is 11.8 Å². The highest BCUT2D eigenvalue weighted by Gasteiger charge is 2.28. The Morgan fingerprint density at radius 1 is 1.23 bits per heavy atom. The Balaban J connectivity index is 1.13. The fraction of sp³-hybridized carbons (Fsp3) is 0.478. The highest BCUT2D eigenvalue weighted by atomic mass is 32.1. The second-order valence-electron chi connectivity index (χ2n) is 8.70. The number of halogens is 1. The third-order valence-electron chi connectivity index (χ3n) is 6.22. The molecule has 1 aromatic carbocycles. The third kappa shape index (κ3) is 5.54. The van der Waals surface area contributed by atoms with Crippen molar-refractivity contribution in [1.29, 1.82) is 0 Å². The zero-order valence-corrected chi connectivity index (χ0v) is 20.2. The van der Waals surface area contributed by atoms with E-state index in [0.717, 1.165) is 40.9 Å². The van der Waals surface area contributed by atoms with Crippen LogP contribution in [-0.4, -0.2) is 76.7 Å². The van der Waals surface area contributed by atoms with Crippen molar-refractivity contribution in [3.63, 3.8) is 0 Å². The predicted molar refractivity (Wildman–Crippen MR) is 131 cm³/mol. The summed E-state index contributed by atoms with van der Waals surface area (Å²) in [4.78, 5) is 21.2. The van der Waals surface area contributed by atoms with E-state index in [1.54, 1.807) is 12.4 Å². The molecule has 2 atom stereocenters. The number of nitrogens with one attached hydrogen (secondary N) is 1. The number of Topliss-reactive ketones (excluding diaryl/α,β-unsaturated/α-hetero) is 1. The molecule has 4 heterocycles. The predicted octanol–water partition coefficient (Wildman–Crippen LogP) is 2.46. The molecule has 2 aromatic heterocycles. The molecule has 2 aliphatic rings. The summed E-state index contributed by atoms with van der Waals surface area (Å²) in [5, 5.41) is 21.4. The first-order valence-electron chi connectivity index (χ1n) is 11.6. The Morgan fingerprint density at radius 2 is 2.11 bits per heavy atom. The number of ketones is 1. The highest BCUT2D eigenvalue weighted by molar-refractivity contribution is 7.15. The van der Waals surface area contributed by atoms with Crippen LogP contribution in [0.25, 0.3) is 0 Å². The van der Waals surface area contributed by atoms with Crippen LogP contribution in [0.5, 0.6) is 0 Å². The average Bonchev–Trinajstić information content (AvgIpc) is 3.52. The molecule has 0 amide bonds. The number of aromatic nitrogens is 5. The smallest absolute Gasteiger partial charge is 0.245 e. The first kappa shape index (κ1) is 23.5. The lowest BCUT2D eigenvalue weighted by molar-refractivity contribution is -0.129. The maximum absolute atomic E-state index is 13.2. The number of methoxy groups -OCH3 is 1. The summed E-state index contributed by atoms with van der Waals surface area (Å²) in [5.41, 5.74) is 1.69. The number of hydrogen-bond acceptors (Lipinski definition) is 11. The van der Waals surface area contributed by atoms with Crippen molar-refractivity contribution in [2.45, 2.75) is 37.6 Å². The SMILES string of the molecule is CO[C@H](C(=O)CCc1nnc(N[C@@H]2CCN(c3nccnn3)C2)s1)c1cccc(N2CC(F)C2)c1. The van der Waals surface area contributed by atoms with Crippen LogP contribution < -0.4 is 15.1 Å². The van der Waals surface area contributed by atoms with E-state index >= 15 is 0 Å². The van der Waals surface area contributed by atoms with Crippen LogP contribution in [0.4, 0.5) is 21.2 Å². The van der Waals surface area contributed by atoms with Gasteiger partial charge in [-0.05, 0) is 24.1 Å². The number of carbonyl (C=O) groups is 1. The van der Waals surface area contributed by atoms with Crippen molar-refractivity contribution in [2.24, 2.45) is 0 Å². The van der Waals surface area contributed by atoms with Crippen molar-refractivity contribution in [3.8, 4) is 0 Å². The van der Waals surface area contributed by atoms with Crippen LogP contribution in [0.2, 0.25) is 0 Å². The molecule has 2 aliphatic heterocycles. The van der Waals surface area contributed by atoms with Crippen LogP contribution in [0, 0.1) is 0 Å². The van der Waals surface area contributed by atoms with Gasteiger partial charge in [0.1, 0.15) is 17.3 Å². The molecule has 0 unspecified atom stereocenters. The number of ether oxygens (including phenoxy) is 1. The molecule has 0 radical (unpaired) electrons. The molecule has 5 rings (SSSR count). The Kier molecular flexibility index (Phi) is 7.09. The third-order valence-corrected chi connectivity index (χ3v) is 7.14. The molecular weight excluding hydrogens is 471 g/mol. The van der Waals surface area contributed by atoms with Crippen LogP contribution in [-0.2, 0) is 16.0 Å². The van der Waals surface area contributed by atoms with Crippen LogP contribution >= 0.6 is 11.3 Å². The minimum Gasteiger partial charge on any atom is -0.369 e. The second kappa shape index (κ2) is 10.6. The van der Waals surface area contributed by atoms with Crippen molar-refractivity contribution in [2.75, 3.05) is 48.4 Å². The fourth-order valence-electron chi connectivity index (χ4n) is 4.37. The van der Waals surface area contributed by atoms with Gasteiger partial charge >= 0.3 is 0 Å². The lowest BCUT2D eigenvalue weighted by Crippen LogP contribution is -2.48. The first-order chi connectivity index (χ1) is 17.1. The lowest BCUT2D eigenvalue weighted by Gasteiger charge is -2.36. The zero-order chi connectivity index (χ0) is 24.2. The van der Waals surface area contributed by atoms with Crippen LogP contribution in [0.3, 0.4) is 0 Å². The van der Waals surface area contributed by atoms with Gasteiger partial charge in [0.2, 0.25) is 11.1 Å². The van der Waals surface area contributed by atoms with Crippen LogP contribution in [0.15, 0.2) is 36.7 Å². The van der Waals surface area contributed by atoms with Crippen molar-refractivity contribution < 1.29 is 13.9 Å². The standard InChI is InChI=1S/C23H27FN8O2S/c1-34-21(15-3-2-4-18(11-15)32-12-16(24)13-32)19(33)5-6-20-28-30-23(35-20)27-17-7-10-31(14-17)22-25-8-9-26-29-22/h2-4,8-9,11,16-17,21H,5-7,10,12-14H2,1H3,(H,27,30)/t17-,21+/m1/s1. The summed E-state index contributed by atoms with van der Waals surface area (Å²) in [5.74, 6) is 0.604. The Hall–Kier alpha value is -3.25. The van der Waals surface area contributed by atoms with E-state index in [9.17, 15) is 9.18 Å². The van der Waals surface area contributed by atoms with Gasteiger partial charge in [-0.25, -0.2) is 9.37 Å². The molecule has 0 bridgehead atoms. The minimum atomic E-state index is -0.785. The number of nitrogens with zero attached hydrogens (tertiary/aromatic N) is 7. The average molecular weight is 499 g/mol. The molecule has 12 heteroatoms. The maximum atomic E-state index is 13.2. The molecule has 35 heavy (non-hydrogen) atoms. The summed E-state index contributed by atoms with van der Waals surface area (Å²) in [7, 11) is 1.53. The molecule has 184 valence electrons. The summed E-state index contributed by atoms with van der Waals surface area (Å²) in [6.45, 7) is 2.38. The van der Waals surface area contributed by atoms with E-state index in [4.69, 9.17) is 4.74 Å². The Morgan fingerprint density at radius 3 is 2.89 bits per heavy atom. The topological polar surface area (TPSA) is 109 Å². The largest absolute Gasteiger partial charge is 0.369 e. The van der Waals surface area contributed by atoms with Crippen molar-refractivity contribution in [1.82, 2.24) is 25.4 Å². The van der Waals surface area contributed by atoms with Gasteiger partial charge in [0.25, 0.3) is 0 Å². The van der Waals surface area contributed by atoms with E-state index in [0.29, 0.717) is 31.9 Å². The van der Waals surface area contributed by atoms with Crippen molar-refractivity contribution >= 4 is 33.9 Å². The number of benzene rings is 1. The normalized spacial score (nSPS) is 19.0. The highest BCUT2D eigenvalue weighted by Crippen LogP contribution is 2.28. The molecule has 3 aromatic rings. The molecular formula is C23H27FN8O2S. The molecule has 2 fully saturated rings. The Bertz CT molecular complexity index is 1140. The summed E-state index contributed by atoms with van der Waals surface area (Å²) >= 11 is 1.46. The summed E-state index contributed by atoms with van der Waals surface area (Å²) in [6, 6.07) is 7.80. The van der Waals surface area contributed by atoms with Crippen LogP contribution in [0.1, 0.15) is 29.5 Å². The van der Waals surface area contributed by atoms with Crippen molar-refractivity contribution in [3.05, 3.63) is 47.2 Å².